The molecule has 0 heterocycles. The van der Waals surface area contributed by atoms with Crippen molar-refractivity contribution in [2.24, 2.45) is 16.7 Å². The summed E-state index contributed by atoms with van der Waals surface area (Å²) >= 11 is 0. The summed E-state index contributed by atoms with van der Waals surface area (Å²) in [4.78, 5) is 12.3. The summed E-state index contributed by atoms with van der Waals surface area (Å²) in [7, 11) is -1.98. The smallest absolute Gasteiger partial charge is 0.401 e. The average molecular weight is 441 g/mol. The molecule has 164 valence electrons. The van der Waals surface area contributed by atoms with E-state index < -0.39 is 33.1 Å². The number of carbonyl (C=O) groups is 1. The van der Waals surface area contributed by atoms with E-state index in [1.54, 1.807) is 0 Å². The lowest BCUT2D eigenvalue weighted by molar-refractivity contribution is -0.338. The van der Waals surface area contributed by atoms with E-state index in [2.05, 4.69) is 4.43 Å². The first-order valence-corrected chi connectivity index (χ1v) is 12.0. The minimum atomic E-state index is -5.58. The highest BCUT2D eigenvalue weighted by Crippen LogP contribution is 2.66. The van der Waals surface area contributed by atoms with Gasteiger partial charge in [-0.25, -0.2) is 0 Å². The zero-order valence-corrected chi connectivity index (χ0v) is 18.0. The summed E-state index contributed by atoms with van der Waals surface area (Å²) < 4.78 is 84.8. The van der Waals surface area contributed by atoms with E-state index in [0.717, 1.165) is 24.5 Å². The minimum Gasteiger partial charge on any atom is -0.401 e. The molecular formula is C20H26F6O2Si. The quantitative estimate of drug-likeness (QED) is 0.313. The standard InChI is InChI=1S/C20H26F6O2Si/c1-16-8-3-5-14(27)13(16)6-7-15(16)17(11-12-17)9-4-10-18(28-29-2,19(21,22)23)20(24,25)26/h4,7,10,13H,3,5-6,8-9,11-12,29H2,1-2H3/b10-4-/t13-,16+/m0/s1. The van der Waals surface area contributed by atoms with Gasteiger partial charge in [0.05, 0.1) is 0 Å². The molecule has 3 aliphatic rings. The maximum atomic E-state index is 13.4. The maximum absolute atomic E-state index is 13.4. The number of Topliss-reactive ketones (excluding diaryl/α,β-unsaturated/α-hetero) is 1. The Bertz CT molecular complexity index is 705. The highest BCUT2D eigenvalue weighted by molar-refractivity contribution is 6.25. The lowest BCUT2D eigenvalue weighted by atomic mass is 9.62. The Kier molecular flexibility index (Phi) is 5.65. The van der Waals surface area contributed by atoms with E-state index in [-0.39, 0.29) is 29.6 Å². The van der Waals surface area contributed by atoms with Crippen molar-refractivity contribution in [2.45, 2.75) is 76.4 Å². The predicted octanol–water partition coefficient (Wildman–Crippen LogP) is 5.43. The molecular weight excluding hydrogens is 414 g/mol. The summed E-state index contributed by atoms with van der Waals surface area (Å²) in [6, 6.07) is 0. The predicted molar refractivity (Wildman–Crippen MR) is 98.9 cm³/mol. The van der Waals surface area contributed by atoms with Gasteiger partial charge in [-0.2, -0.15) is 26.3 Å². The lowest BCUT2D eigenvalue weighted by Crippen LogP contribution is -2.57. The third-order valence-electron chi connectivity index (χ3n) is 6.95. The van der Waals surface area contributed by atoms with E-state index in [1.165, 1.54) is 6.55 Å². The Morgan fingerprint density at radius 1 is 1.17 bits per heavy atom. The summed E-state index contributed by atoms with van der Waals surface area (Å²) in [6.45, 7) is 3.27. The van der Waals surface area contributed by atoms with Gasteiger partial charge in [0.25, 0.3) is 5.60 Å². The second kappa shape index (κ2) is 7.25. The van der Waals surface area contributed by atoms with Gasteiger partial charge in [0, 0.05) is 12.3 Å². The zero-order valence-electron chi connectivity index (χ0n) is 16.6. The van der Waals surface area contributed by atoms with Crippen LogP contribution in [0, 0.1) is 16.7 Å². The highest BCUT2D eigenvalue weighted by atomic mass is 28.2. The van der Waals surface area contributed by atoms with Crippen LogP contribution in [-0.4, -0.2) is 33.5 Å². The van der Waals surface area contributed by atoms with Crippen molar-refractivity contribution in [1.82, 2.24) is 0 Å². The van der Waals surface area contributed by atoms with Crippen LogP contribution in [0.2, 0.25) is 6.55 Å². The van der Waals surface area contributed by atoms with Gasteiger partial charge in [0.1, 0.15) is 5.78 Å². The van der Waals surface area contributed by atoms with Gasteiger partial charge in [0.15, 0.2) is 9.76 Å². The number of fused-ring (bicyclic) bond motifs is 1. The molecule has 0 aliphatic heterocycles. The van der Waals surface area contributed by atoms with E-state index in [9.17, 15) is 31.1 Å². The number of rotatable bonds is 6. The number of hydrogen-bond acceptors (Lipinski definition) is 2. The van der Waals surface area contributed by atoms with Crippen LogP contribution in [0.5, 0.6) is 0 Å². The summed E-state index contributed by atoms with van der Waals surface area (Å²) in [5, 5.41) is 0. The van der Waals surface area contributed by atoms with Crippen LogP contribution < -0.4 is 0 Å². The molecule has 2 saturated carbocycles. The third-order valence-corrected chi connectivity index (χ3v) is 7.69. The van der Waals surface area contributed by atoms with Crippen molar-refractivity contribution in [1.29, 1.82) is 0 Å². The molecule has 9 heteroatoms. The fraction of sp³-hybridized carbons (Fsp3) is 0.750. The maximum Gasteiger partial charge on any atom is 0.429 e. The first-order valence-electron chi connectivity index (χ1n) is 10.0. The van der Waals surface area contributed by atoms with Crippen LogP contribution in [0.4, 0.5) is 26.3 Å². The molecule has 0 bridgehead atoms. The first-order chi connectivity index (χ1) is 13.3. The van der Waals surface area contributed by atoms with Crippen molar-refractivity contribution in [2.75, 3.05) is 0 Å². The number of allylic oxidation sites excluding steroid dienone is 3. The average Bonchev–Trinajstić information content (AvgIpc) is 3.26. The lowest BCUT2D eigenvalue weighted by Gasteiger charge is -2.41. The molecule has 0 aromatic carbocycles. The Morgan fingerprint density at radius 2 is 1.79 bits per heavy atom. The van der Waals surface area contributed by atoms with E-state index in [0.29, 0.717) is 25.7 Å². The summed E-state index contributed by atoms with van der Waals surface area (Å²) in [5.74, 6) is 0.109. The Balaban J connectivity index is 1.84. The molecule has 3 rings (SSSR count). The molecule has 0 radical (unpaired) electrons. The summed E-state index contributed by atoms with van der Waals surface area (Å²) in [5.41, 5.74) is -3.93. The number of hydrogen-bond donors (Lipinski definition) is 0. The molecule has 2 fully saturated rings. The molecule has 0 unspecified atom stereocenters. The Hall–Kier alpha value is -1.09. The van der Waals surface area contributed by atoms with Gasteiger partial charge < -0.3 is 4.43 Å². The van der Waals surface area contributed by atoms with Crippen molar-refractivity contribution in [3.63, 3.8) is 0 Å². The fourth-order valence-corrected chi connectivity index (χ4v) is 6.19. The highest BCUT2D eigenvalue weighted by Gasteiger charge is 2.70. The summed E-state index contributed by atoms with van der Waals surface area (Å²) in [6.07, 6.45) is -3.67. The second-order valence-corrected chi connectivity index (χ2v) is 9.56. The largest absolute Gasteiger partial charge is 0.429 e. The van der Waals surface area contributed by atoms with Crippen molar-refractivity contribution in [3.8, 4) is 0 Å². The molecule has 2 nitrogen and oxygen atoms in total. The number of halogens is 6. The molecule has 0 N–H and O–H groups in total. The molecule has 0 saturated heterocycles. The van der Waals surface area contributed by atoms with E-state index in [4.69, 9.17) is 0 Å². The molecule has 0 aromatic heterocycles. The molecule has 0 amide bonds. The monoisotopic (exact) mass is 440 g/mol. The van der Waals surface area contributed by atoms with Crippen molar-refractivity contribution < 1.29 is 35.6 Å². The molecule has 0 spiro atoms. The van der Waals surface area contributed by atoms with Gasteiger partial charge >= 0.3 is 12.4 Å². The third kappa shape index (κ3) is 3.62. The minimum absolute atomic E-state index is 0.0951. The van der Waals surface area contributed by atoms with E-state index >= 15 is 0 Å². The van der Waals surface area contributed by atoms with Crippen LogP contribution in [0.15, 0.2) is 23.8 Å². The van der Waals surface area contributed by atoms with Crippen LogP contribution in [0.25, 0.3) is 0 Å². The normalized spacial score (nSPS) is 30.3. The first kappa shape index (κ1) is 22.6. The Labute approximate surface area is 168 Å². The van der Waals surface area contributed by atoms with Crippen LogP contribution in [-0.2, 0) is 9.22 Å². The number of alkyl halides is 6. The molecule has 3 aliphatic carbocycles. The number of carbonyl (C=O) groups excluding carboxylic acids is 1. The molecule has 29 heavy (non-hydrogen) atoms. The van der Waals surface area contributed by atoms with Crippen molar-refractivity contribution in [3.05, 3.63) is 23.8 Å². The zero-order chi connectivity index (χ0) is 21.7. The van der Waals surface area contributed by atoms with Crippen LogP contribution in [0.3, 0.4) is 0 Å². The fourth-order valence-electron chi connectivity index (χ4n) is 5.31. The van der Waals surface area contributed by atoms with Crippen LogP contribution in [0.1, 0.15) is 51.9 Å². The number of ketones is 1. The Morgan fingerprint density at radius 3 is 2.31 bits per heavy atom. The molecule has 0 aromatic rings. The van der Waals surface area contributed by atoms with Crippen molar-refractivity contribution >= 4 is 15.5 Å². The van der Waals surface area contributed by atoms with Gasteiger partial charge in [-0.05, 0) is 55.4 Å². The SMILES string of the molecule is C[SiH2]OC(/C=C\CC1(C2=CC[C@H]3C(=O)CCC[C@@]23C)CC1)(C(F)(F)F)C(F)(F)F. The topological polar surface area (TPSA) is 26.3 Å². The van der Waals surface area contributed by atoms with E-state index in [1.807, 2.05) is 13.0 Å². The van der Waals surface area contributed by atoms with Gasteiger partial charge in [0.2, 0.25) is 0 Å². The molecule has 2 atom stereocenters. The van der Waals surface area contributed by atoms with Crippen LogP contribution >= 0.6 is 0 Å². The van der Waals surface area contributed by atoms with Gasteiger partial charge in [-0.3, -0.25) is 4.79 Å². The van der Waals surface area contributed by atoms with Gasteiger partial charge in [-0.1, -0.05) is 31.2 Å². The van der Waals surface area contributed by atoms with Gasteiger partial charge in [-0.15, -0.1) is 0 Å². The second-order valence-electron chi connectivity index (χ2n) is 8.69.